The smallest absolute Gasteiger partial charge is 0.286 e. The van der Waals surface area contributed by atoms with E-state index in [9.17, 15) is 25.5 Å². The summed E-state index contributed by atoms with van der Waals surface area (Å²) >= 11 is 8.82. The Labute approximate surface area is 149 Å². The van der Waals surface area contributed by atoms with E-state index in [-0.39, 0.29) is 5.75 Å². The van der Waals surface area contributed by atoms with Gasteiger partial charge < -0.3 is 40.0 Å². The first-order valence-electron chi connectivity index (χ1n) is 6.89. The average molecular weight is 425 g/mol. The van der Waals surface area contributed by atoms with E-state index in [4.69, 9.17) is 21.1 Å². The predicted octanol–water partition coefficient (Wildman–Crippen LogP) is -0.0443. The number of aliphatic hydroxyl groups is 5. The van der Waals surface area contributed by atoms with Crippen molar-refractivity contribution in [3.05, 3.63) is 30.5 Å². The van der Waals surface area contributed by atoms with Gasteiger partial charge >= 0.3 is 0 Å². The Morgan fingerprint density at radius 2 is 1.96 bits per heavy atom. The number of rotatable bonds is 3. The van der Waals surface area contributed by atoms with Crippen LogP contribution in [0.5, 0.6) is 5.75 Å². The fourth-order valence-electron chi connectivity index (χ4n) is 2.56. The first-order valence-corrected chi connectivity index (χ1v) is 8.06. The van der Waals surface area contributed by atoms with Gasteiger partial charge in [-0.15, -0.1) is 0 Å². The minimum atomic E-state index is -2.91. The Bertz CT molecular complexity index is 756. The molecular formula is C14H15BrClNO7. The van der Waals surface area contributed by atoms with Gasteiger partial charge in [0.25, 0.3) is 5.79 Å². The molecule has 1 aliphatic heterocycles. The maximum absolute atomic E-state index is 10.8. The summed E-state index contributed by atoms with van der Waals surface area (Å²) in [4.78, 5) is 2.89. The van der Waals surface area contributed by atoms with Gasteiger partial charge in [-0.1, -0.05) is 23.7 Å². The van der Waals surface area contributed by atoms with Crippen molar-refractivity contribution >= 4 is 38.4 Å². The van der Waals surface area contributed by atoms with E-state index in [1.807, 2.05) is 0 Å². The molecule has 1 aliphatic rings. The molecule has 0 unspecified atom stereocenters. The standard InChI is InChI=1S/C14H15BrClNO7/c15-12(6-18)14(16,22)13(21,10(19)11(20)24-12)23-9-5-17-8-4-2-1-3-7(8)9/h1-5,10-11,17-22H,6H2/t10-,11-,12+,13-,14-/m0/s1. The zero-order chi connectivity index (χ0) is 17.8. The SMILES string of the molecule is OC[C@@]1(Br)O[C@H](O)[C@H](O)[C@](O)(Oc2c[nH]c3ccccc23)[C@]1(O)Cl. The number of aromatic amines is 1. The molecule has 1 aromatic carbocycles. The molecule has 2 heterocycles. The van der Waals surface area contributed by atoms with Crippen LogP contribution in [0.1, 0.15) is 0 Å². The van der Waals surface area contributed by atoms with E-state index in [0.717, 1.165) is 0 Å². The van der Waals surface area contributed by atoms with Gasteiger partial charge in [0.2, 0.25) is 5.06 Å². The number of hydrogen-bond donors (Lipinski definition) is 6. The molecular weight excluding hydrogens is 410 g/mol. The van der Waals surface area contributed by atoms with Crippen molar-refractivity contribution in [2.45, 2.75) is 27.8 Å². The van der Waals surface area contributed by atoms with E-state index < -0.39 is 34.4 Å². The summed E-state index contributed by atoms with van der Waals surface area (Å²) in [7, 11) is 0. The minimum Gasteiger partial charge on any atom is -0.453 e. The lowest BCUT2D eigenvalue weighted by Crippen LogP contribution is -2.78. The quantitative estimate of drug-likeness (QED) is 0.300. The van der Waals surface area contributed by atoms with Gasteiger partial charge in [-0.3, -0.25) is 0 Å². The molecule has 6 N–H and O–H groups in total. The molecule has 132 valence electrons. The second-order valence-electron chi connectivity index (χ2n) is 5.46. The topological polar surface area (TPSA) is 135 Å². The maximum Gasteiger partial charge on any atom is 0.286 e. The number of aliphatic hydroxyl groups excluding tert-OH is 3. The number of para-hydroxylation sites is 1. The van der Waals surface area contributed by atoms with Gasteiger partial charge in [-0.25, -0.2) is 0 Å². The largest absolute Gasteiger partial charge is 0.453 e. The van der Waals surface area contributed by atoms with Crippen LogP contribution in [0.15, 0.2) is 30.5 Å². The highest BCUT2D eigenvalue weighted by Crippen LogP contribution is 2.51. The summed E-state index contributed by atoms with van der Waals surface area (Å²) in [6.07, 6.45) is -2.74. The van der Waals surface area contributed by atoms with Gasteiger partial charge in [0.15, 0.2) is 16.9 Å². The summed E-state index contributed by atoms with van der Waals surface area (Å²) in [5.41, 5.74) is 0.670. The van der Waals surface area contributed by atoms with Crippen LogP contribution in [0.2, 0.25) is 0 Å². The van der Waals surface area contributed by atoms with Gasteiger partial charge in [-0.2, -0.15) is 0 Å². The Balaban J connectivity index is 2.08. The third-order valence-electron chi connectivity index (χ3n) is 3.97. The molecule has 0 bridgehead atoms. The lowest BCUT2D eigenvalue weighted by atomic mass is 9.93. The molecule has 5 atom stereocenters. The Morgan fingerprint density at radius 1 is 1.29 bits per heavy atom. The Kier molecular flexibility index (Phi) is 4.34. The van der Waals surface area contributed by atoms with Crippen LogP contribution in [0, 0.1) is 0 Å². The van der Waals surface area contributed by atoms with Crippen molar-refractivity contribution in [3.63, 3.8) is 0 Å². The molecule has 0 amide bonds. The zero-order valence-corrected chi connectivity index (χ0v) is 14.4. The van der Waals surface area contributed by atoms with Crippen LogP contribution < -0.4 is 4.74 Å². The third kappa shape index (κ3) is 2.36. The molecule has 0 aliphatic carbocycles. The highest BCUT2D eigenvalue weighted by Gasteiger charge is 2.73. The van der Waals surface area contributed by atoms with Gasteiger partial charge in [-0.05, 0) is 28.1 Å². The van der Waals surface area contributed by atoms with Gasteiger partial charge in [0, 0.05) is 17.1 Å². The van der Waals surface area contributed by atoms with Crippen LogP contribution in [-0.4, -0.2) is 64.9 Å². The van der Waals surface area contributed by atoms with Crippen molar-refractivity contribution in [3.8, 4) is 5.75 Å². The normalized spacial score (nSPS) is 40.0. The molecule has 10 heteroatoms. The molecule has 24 heavy (non-hydrogen) atoms. The fourth-order valence-corrected chi connectivity index (χ4v) is 3.29. The van der Waals surface area contributed by atoms with E-state index in [1.165, 1.54) is 6.20 Å². The number of halogens is 2. The van der Waals surface area contributed by atoms with E-state index >= 15 is 0 Å². The summed E-state index contributed by atoms with van der Waals surface area (Å²) in [5.74, 6) is -2.85. The number of fused-ring (bicyclic) bond motifs is 1. The molecule has 8 nitrogen and oxygen atoms in total. The lowest BCUT2D eigenvalue weighted by Gasteiger charge is -2.53. The molecule has 1 aromatic heterocycles. The average Bonchev–Trinajstić information content (AvgIpc) is 2.95. The third-order valence-corrected chi connectivity index (χ3v) is 5.78. The van der Waals surface area contributed by atoms with Crippen LogP contribution in [0.25, 0.3) is 10.9 Å². The van der Waals surface area contributed by atoms with Crippen molar-refractivity contribution in [2.24, 2.45) is 0 Å². The van der Waals surface area contributed by atoms with Crippen LogP contribution in [-0.2, 0) is 4.74 Å². The molecule has 0 saturated carbocycles. The second-order valence-corrected chi connectivity index (χ2v) is 7.29. The van der Waals surface area contributed by atoms with Crippen molar-refractivity contribution in [1.29, 1.82) is 0 Å². The molecule has 2 aromatic rings. The molecule has 0 spiro atoms. The summed E-state index contributed by atoms with van der Waals surface area (Å²) in [6, 6.07) is 6.92. The molecule has 3 rings (SSSR count). The van der Waals surface area contributed by atoms with Gasteiger partial charge in [0.05, 0.1) is 6.61 Å². The summed E-state index contributed by atoms with van der Waals surface area (Å²) < 4.78 is 8.10. The fraction of sp³-hybridized carbons (Fsp3) is 0.429. The zero-order valence-electron chi connectivity index (χ0n) is 12.1. The number of H-pyrrole nitrogens is 1. The second kappa shape index (κ2) is 5.82. The minimum absolute atomic E-state index is 0.0631. The van der Waals surface area contributed by atoms with Crippen LogP contribution in [0.4, 0.5) is 0 Å². The number of hydrogen-bond acceptors (Lipinski definition) is 7. The van der Waals surface area contributed by atoms with Gasteiger partial charge in [0.1, 0.15) is 5.75 Å². The predicted molar refractivity (Wildman–Crippen MR) is 86.5 cm³/mol. The summed E-state index contributed by atoms with van der Waals surface area (Å²) in [5, 5.41) is 48.4. The molecule has 1 saturated heterocycles. The Hall–Kier alpha value is -0.910. The van der Waals surface area contributed by atoms with E-state index in [0.29, 0.717) is 10.9 Å². The highest BCUT2D eigenvalue weighted by molar-refractivity contribution is 9.10. The number of alkyl halides is 2. The van der Waals surface area contributed by atoms with E-state index in [2.05, 4.69) is 20.9 Å². The lowest BCUT2D eigenvalue weighted by molar-refractivity contribution is -0.391. The first-order chi connectivity index (χ1) is 11.2. The van der Waals surface area contributed by atoms with Crippen LogP contribution >= 0.6 is 27.5 Å². The van der Waals surface area contributed by atoms with Crippen LogP contribution in [0.3, 0.4) is 0 Å². The number of aromatic nitrogens is 1. The maximum atomic E-state index is 10.8. The van der Waals surface area contributed by atoms with E-state index in [1.54, 1.807) is 24.3 Å². The summed E-state index contributed by atoms with van der Waals surface area (Å²) in [6.45, 7) is -0.934. The monoisotopic (exact) mass is 423 g/mol. The number of nitrogens with one attached hydrogen (secondary N) is 1. The van der Waals surface area contributed by atoms with Crippen molar-refractivity contribution in [1.82, 2.24) is 4.98 Å². The molecule has 1 fully saturated rings. The Morgan fingerprint density at radius 3 is 2.62 bits per heavy atom. The first kappa shape index (κ1) is 17.9. The number of benzene rings is 1. The molecule has 0 radical (unpaired) electrons. The van der Waals surface area contributed by atoms with Crippen molar-refractivity contribution in [2.75, 3.05) is 6.61 Å². The number of ether oxygens (including phenoxy) is 2. The van der Waals surface area contributed by atoms with Crippen molar-refractivity contribution < 1.29 is 35.0 Å². The highest BCUT2D eigenvalue weighted by atomic mass is 79.9.